The molecule has 2 aliphatic rings. The summed E-state index contributed by atoms with van der Waals surface area (Å²) in [7, 11) is 0. The monoisotopic (exact) mass is 204 g/mol. The van der Waals surface area contributed by atoms with Crippen LogP contribution >= 0.6 is 0 Å². The van der Waals surface area contributed by atoms with Crippen LogP contribution in [0.25, 0.3) is 0 Å². The Morgan fingerprint density at radius 2 is 1.80 bits per heavy atom. The van der Waals surface area contributed by atoms with E-state index in [1.807, 2.05) is 37.3 Å². The van der Waals surface area contributed by atoms with Crippen molar-refractivity contribution in [1.82, 2.24) is 0 Å². The Morgan fingerprint density at radius 3 is 2.27 bits per heavy atom. The lowest BCUT2D eigenvalue weighted by atomic mass is 9.89. The van der Waals surface area contributed by atoms with Crippen molar-refractivity contribution in [3.05, 3.63) is 35.9 Å². The fourth-order valence-corrected chi connectivity index (χ4v) is 2.33. The Morgan fingerprint density at radius 1 is 1.13 bits per heavy atom. The van der Waals surface area contributed by atoms with Gasteiger partial charge in [0.1, 0.15) is 6.10 Å². The zero-order valence-corrected chi connectivity index (χ0v) is 8.69. The molecule has 0 amide bonds. The molecule has 3 nitrogen and oxygen atoms in total. The summed E-state index contributed by atoms with van der Waals surface area (Å²) < 4.78 is 10.9. The number of cyclic esters (lactones) is 1. The van der Waals surface area contributed by atoms with Crippen molar-refractivity contribution in [3.8, 4) is 0 Å². The normalized spacial score (nSPS) is 42.3. The van der Waals surface area contributed by atoms with Crippen LogP contribution in [-0.4, -0.2) is 17.7 Å². The zero-order chi connectivity index (χ0) is 10.7. The maximum atomic E-state index is 11.6. The number of epoxide rings is 1. The molecule has 2 saturated heterocycles. The van der Waals surface area contributed by atoms with Gasteiger partial charge in [-0.15, -0.1) is 0 Å². The Balaban J connectivity index is 2.04. The Bertz CT molecular complexity index is 428. The molecular formula is C12H12O3. The average Bonchev–Trinajstić information content (AvgIpc) is 2.89. The van der Waals surface area contributed by atoms with Crippen molar-refractivity contribution in [1.29, 1.82) is 0 Å². The number of esters is 1. The Labute approximate surface area is 88.0 Å². The molecular weight excluding hydrogens is 192 g/mol. The lowest BCUT2D eigenvalue weighted by Crippen LogP contribution is -2.28. The van der Waals surface area contributed by atoms with Crippen LogP contribution in [0.3, 0.4) is 0 Å². The van der Waals surface area contributed by atoms with E-state index in [0.717, 1.165) is 5.56 Å². The van der Waals surface area contributed by atoms with E-state index in [-0.39, 0.29) is 12.1 Å². The van der Waals surface area contributed by atoms with E-state index in [4.69, 9.17) is 9.47 Å². The van der Waals surface area contributed by atoms with Gasteiger partial charge in [-0.1, -0.05) is 30.3 Å². The molecule has 2 fully saturated rings. The van der Waals surface area contributed by atoms with E-state index >= 15 is 0 Å². The molecule has 3 atom stereocenters. The van der Waals surface area contributed by atoms with Crippen LogP contribution in [0.15, 0.2) is 30.3 Å². The summed E-state index contributed by atoms with van der Waals surface area (Å²) in [5.74, 6) is -0.251. The average molecular weight is 204 g/mol. The van der Waals surface area contributed by atoms with Gasteiger partial charge in [-0.2, -0.15) is 0 Å². The molecule has 0 spiro atoms. The third kappa shape index (κ3) is 0.960. The highest BCUT2D eigenvalue weighted by molar-refractivity contribution is 5.87. The highest BCUT2D eigenvalue weighted by Crippen LogP contribution is 2.56. The van der Waals surface area contributed by atoms with Crippen LogP contribution in [0.5, 0.6) is 0 Å². The van der Waals surface area contributed by atoms with E-state index in [2.05, 4.69) is 0 Å². The van der Waals surface area contributed by atoms with Crippen LogP contribution in [0.4, 0.5) is 0 Å². The largest absolute Gasteiger partial charge is 0.449 e. The summed E-state index contributed by atoms with van der Waals surface area (Å²) in [4.78, 5) is 11.6. The zero-order valence-electron chi connectivity index (χ0n) is 8.69. The standard InChI is InChI=1S/C12H12O3/c1-11(8-6-4-3-5-7-8)9-12(2,14-9)10(13)15-11/h3-7,9H,1-2H3/t9-,11-,12-/m1/s1. The number of fused-ring (bicyclic) bond motifs is 1. The number of carbonyl (C=O) groups excluding carboxylic acids is 1. The molecule has 0 aromatic heterocycles. The molecule has 3 heteroatoms. The van der Waals surface area contributed by atoms with Crippen LogP contribution in [0.1, 0.15) is 19.4 Å². The summed E-state index contributed by atoms with van der Waals surface area (Å²) in [5.41, 5.74) is -0.331. The van der Waals surface area contributed by atoms with Crippen molar-refractivity contribution >= 4 is 5.97 Å². The van der Waals surface area contributed by atoms with E-state index in [1.165, 1.54) is 0 Å². The molecule has 0 aliphatic carbocycles. The van der Waals surface area contributed by atoms with Crippen molar-refractivity contribution < 1.29 is 14.3 Å². The number of rotatable bonds is 1. The van der Waals surface area contributed by atoms with Gasteiger partial charge < -0.3 is 9.47 Å². The second kappa shape index (κ2) is 2.42. The van der Waals surface area contributed by atoms with Crippen molar-refractivity contribution in [2.75, 3.05) is 0 Å². The second-order valence-corrected chi connectivity index (χ2v) is 4.47. The maximum Gasteiger partial charge on any atom is 0.342 e. The topological polar surface area (TPSA) is 38.8 Å². The van der Waals surface area contributed by atoms with Crippen molar-refractivity contribution in [3.63, 3.8) is 0 Å². The molecule has 3 rings (SSSR count). The predicted molar refractivity (Wildman–Crippen MR) is 53.2 cm³/mol. The maximum absolute atomic E-state index is 11.6. The molecule has 0 radical (unpaired) electrons. The Hall–Kier alpha value is -1.35. The highest BCUT2D eigenvalue weighted by Gasteiger charge is 2.75. The third-order valence-electron chi connectivity index (χ3n) is 3.36. The molecule has 78 valence electrons. The first kappa shape index (κ1) is 8.92. The molecule has 15 heavy (non-hydrogen) atoms. The third-order valence-corrected chi connectivity index (χ3v) is 3.36. The van der Waals surface area contributed by atoms with Gasteiger partial charge in [0, 0.05) is 0 Å². The molecule has 0 saturated carbocycles. The predicted octanol–water partition coefficient (Wildman–Crippen LogP) is 1.62. The van der Waals surface area contributed by atoms with Gasteiger partial charge in [-0.3, -0.25) is 0 Å². The van der Waals surface area contributed by atoms with Gasteiger partial charge in [0.05, 0.1) is 0 Å². The number of hydrogen-bond donors (Lipinski definition) is 0. The number of carbonyl (C=O) groups is 1. The summed E-state index contributed by atoms with van der Waals surface area (Å²) in [6.07, 6.45) is -0.139. The lowest BCUT2D eigenvalue weighted by molar-refractivity contribution is -0.163. The quantitative estimate of drug-likeness (QED) is 0.515. The first-order chi connectivity index (χ1) is 7.07. The minimum atomic E-state index is -0.704. The van der Waals surface area contributed by atoms with E-state index in [9.17, 15) is 4.79 Å². The van der Waals surface area contributed by atoms with Crippen LogP contribution in [-0.2, 0) is 19.9 Å². The molecule has 0 bridgehead atoms. The smallest absolute Gasteiger partial charge is 0.342 e. The minimum Gasteiger partial charge on any atom is -0.449 e. The van der Waals surface area contributed by atoms with Gasteiger partial charge in [-0.25, -0.2) is 4.79 Å². The molecule has 0 unspecified atom stereocenters. The molecule has 0 N–H and O–H groups in total. The summed E-state index contributed by atoms with van der Waals surface area (Å²) in [6.45, 7) is 3.69. The molecule has 1 aromatic rings. The SMILES string of the molecule is C[C@@]12O[C@@H]1[C@@](C)(c1ccccc1)OC2=O. The molecule has 2 heterocycles. The number of ether oxygens (including phenoxy) is 2. The van der Waals surface area contributed by atoms with Crippen LogP contribution in [0.2, 0.25) is 0 Å². The van der Waals surface area contributed by atoms with Gasteiger partial charge >= 0.3 is 5.97 Å². The van der Waals surface area contributed by atoms with Gasteiger partial charge in [0.25, 0.3) is 0 Å². The van der Waals surface area contributed by atoms with Gasteiger partial charge in [0.2, 0.25) is 0 Å². The number of hydrogen-bond acceptors (Lipinski definition) is 3. The Kier molecular flexibility index (Phi) is 1.44. The molecule has 1 aromatic carbocycles. The van der Waals surface area contributed by atoms with Crippen LogP contribution < -0.4 is 0 Å². The summed E-state index contributed by atoms with van der Waals surface area (Å²) in [5, 5.41) is 0. The highest BCUT2D eigenvalue weighted by atomic mass is 16.7. The first-order valence-corrected chi connectivity index (χ1v) is 5.04. The number of benzene rings is 1. The van der Waals surface area contributed by atoms with Gasteiger partial charge in [-0.05, 0) is 19.4 Å². The van der Waals surface area contributed by atoms with E-state index in [1.54, 1.807) is 6.92 Å². The van der Waals surface area contributed by atoms with Crippen molar-refractivity contribution in [2.24, 2.45) is 0 Å². The molecule has 2 aliphatic heterocycles. The summed E-state index contributed by atoms with van der Waals surface area (Å²) >= 11 is 0. The first-order valence-electron chi connectivity index (χ1n) is 5.04. The second-order valence-electron chi connectivity index (χ2n) is 4.47. The van der Waals surface area contributed by atoms with Gasteiger partial charge in [0.15, 0.2) is 11.2 Å². The van der Waals surface area contributed by atoms with E-state index < -0.39 is 11.2 Å². The van der Waals surface area contributed by atoms with Crippen LogP contribution in [0, 0.1) is 0 Å². The summed E-state index contributed by atoms with van der Waals surface area (Å²) in [6, 6.07) is 9.73. The minimum absolute atomic E-state index is 0.139. The van der Waals surface area contributed by atoms with Crippen molar-refractivity contribution in [2.45, 2.75) is 31.2 Å². The van der Waals surface area contributed by atoms with E-state index in [0.29, 0.717) is 0 Å². The fraction of sp³-hybridized carbons (Fsp3) is 0.417. The lowest BCUT2D eigenvalue weighted by Gasteiger charge is -2.24. The fourth-order valence-electron chi connectivity index (χ4n) is 2.33.